The van der Waals surface area contributed by atoms with Crippen LogP contribution in [0.3, 0.4) is 0 Å². The van der Waals surface area contributed by atoms with Crippen molar-refractivity contribution < 1.29 is 0 Å². The maximum absolute atomic E-state index is 4.57. The average molecular weight is 301 g/mol. The van der Waals surface area contributed by atoms with Gasteiger partial charge in [-0.1, -0.05) is 36.3 Å². The highest BCUT2D eigenvalue weighted by Crippen LogP contribution is 2.19. The van der Waals surface area contributed by atoms with Crippen LogP contribution >= 0.6 is 0 Å². The molecule has 0 spiro atoms. The minimum atomic E-state index is 0.238. The second-order valence-corrected chi connectivity index (χ2v) is 5.60. The van der Waals surface area contributed by atoms with E-state index in [1.807, 2.05) is 38.2 Å². The molecular weight excluding hydrogens is 282 g/mol. The Morgan fingerprint density at radius 1 is 1.04 bits per heavy atom. The summed E-state index contributed by atoms with van der Waals surface area (Å²) in [7, 11) is 0. The monoisotopic (exact) mass is 301 g/mol. The number of rotatable bonds is 2. The van der Waals surface area contributed by atoms with Crippen LogP contribution in [0.4, 0.5) is 0 Å². The highest BCUT2D eigenvalue weighted by molar-refractivity contribution is 5.40. The highest BCUT2D eigenvalue weighted by Gasteiger charge is 2.11. The van der Waals surface area contributed by atoms with Gasteiger partial charge in [-0.25, -0.2) is 4.98 Å². The number of imidazole rings is 1. The number of hydrogen-bond acceptors (Lipinski definition) is 2. The number of aryl methyl sites for hydroxylation is 2. The van der Waals surface area contributed by atoms with Crippen molar-refractivity contribution >= 4 is 0 Å². The molecule has 3 heteroatoms. The third-order valence-electron chi connectivity index (χ3n) is 3.85. The van der Waals surface area contributed by atoms with E-state index >= 15 is 0 Å². The molecular formula is C20H19N3. The van der Waals surface area contributed by atoms with Gasteiger partial charge in [-0.2, -0.15) is 0 Å². The molecule has 0 amide bonds. The molecule has 0 aliphatic carbocycles. The fourth-order valence-corrected chi connectivity index (χ4v) is 2.59. The Kier molecular flexibility index (Phi) is 4.25. The predicted molar refractivity (Wildman–Crippen MR) is 92.2 cm³/mol. The van der Waals surface area contributed by atoms with Crippen molar-refractivity contribution in [3.8, 4) is 11.8 Å². The molecule has 1 unspecified atom stereocenters. The summed E-state index contributed by atoms with van der Waals surface area (Å²) < 4.78 is 2.16. The van der Waals surface area contributed by atoms with Crippen molar-refractivity contribution in [1.29, 1.82) is 0 Å². The van der Waals surface area contributed by atoms with Crippen molar-refractivity contribution in [1.82, 2.24) is 14.5 Å². The normalized spacial score (nSPS) is 11.6. The van der Waals surface area contributed by atoms with Crippen LogP contribution in [0.5, 0.6) is 0 Å². The minimum Gasteiger partial charge on any atom is -0.327 e. The van der Waals surface area contributed by atoms with E-state index < -0.39 is 0 Å². The first-order valence-electron chi connectivity index (χ1n) is 7.68. The zero-order valence-corrected chi connectivity index (χ0v) is 13.6. The zero-order valence-electron chi connectivity index (χ0n) is 13.6. The molecule has 0 N–H and O–H groups in total. The summed E-state index contributed by atoms with van der Waals surface area (Å²) in [5, 5.41) is 0. The van der Waals surface area contributed by atoms with E-state index in [2.05, 4.69) is 57.6 Å². The van der Waals surface area contributed by atoms with Crippen molar-refractivity contribution in [2.75, 3.05) is 0 Å². The van der Waals surface area contributed by atoms with Gasteiger partial charge < -0.3 is 4.57 Å². The average Bonchev–Trinajstić information content (AvgIpc) is 2.94. The van der Waals surface area contributed by atoms with Crippen molar-refractivity contribution in [3.63, 3.8) is 0 Å². The number of aromatic nitrogens is 3. The molecule has 0 saturated heterocycles. The van der Waals surface area contributed by atoms with Gasteiger partial charge in [-0.3, -0.25) is 4.98 Å². The van der Waals surface area contributed by atoms with E-state index in [-0.39, 0.29) is 6.04 Å². The Morgan fingerprint density at radius 3 is 2.57 bits per heavy atom. The van der Waals surface area contributed by atoms with Gasteiger partial charge in [0.15, 0.2) is 0 Å². The summed E-state index contributed by atoms with van der Waals surface area (Å²) in [6.45, 7) is 6.15. The van der Waals surface area contributed by atoms with Crippen LogP contribution in [0.25, 0.3) is 0 Å². The van der Waals surface area contributed by atoms with E-state index in [1.54, 1.807) is 6.20 Å². The Hall–Kier alpha value is -2.86. The largest absolute Gasteiger partial charge is 0.327 e. The Morgan fingerprint density at radius 2 is 1.83 bits per heavy atom. The molecule has 3 rings (SSSR count). The zero-order chi connectivity index (χ0) is 16.2. The van der Waals surface area contributed by atoms with Crippen LogP contribution in [0.2, 0.25) is 0 Å². The SMILES string of the molecule is Cc1cc(C#Cc2cn(C(C)c3ccccc3)c(C)n2)ccn1. The summed E-state index contributed by atoms with van der Waals surface area (Å²) >= 11 is 0. The van der Waals surface area contributed by atoms with Gasteiger partial charge in [-0.05, 0) is 44.4 Å². The fraction of sp³-hybridized carbons (Fsp3) is 0.200. The third-order valence-corrected chi connectivity index (χ3v) is 3.85. The summed E-state index contributed by atoms with van der Waals surface area (Å²) in [4.78, 5) is 8.75. The van der Waals surface area contributed by atoms with Crippen LogP contribution in [0.1, 0.15) is 41.3 Å². The molecule has 0 aliphatic heterocycles. The molecule has 0 aliphatic rings. The standard InChI is InChI=1S/C20H19N3/c1-15-13-18(11-12-21-15)9-10-20-14-23(17(3)22-20)16(2)19-7-5-4-6-8-19/h4-8,11-14,16H,1-3H3. The van der Waals surface area contributed by atoms with Crippen LogP contribution < -0.4 is 0 Å². The van der Waals surface area contributed by atoms with Gasteiger partial charge in [0.2, 0.25) is 0 Å². The lowest BCUT2D eigenvalue weighted by atomic mass is 10.1. The van der Waals surface area contributed by atoms with Crippen LogP contribution in [-0.4, -0.2) is 14.5 Å². The summed E-state index contributed by atoms with van der Waals surface area (Å²) in [5.74, 6) is 7.27. The van der Waals surface area contributed by atoms with Gasteiger partial charge in [-0.15, -0.1) is 0 Å². The number of hydrogen-bond donors (Lipinski definition) is 0. The summed E-state index contributed by atoms with van der Waals surface area (Å²) in [5.41, 5.74) is 3.98. The molecule has 0 saturated carbocycles. The van der Waals surface area contributed by atoms with Crippen molar-refractivity contribution in [2.24, 2.45) is 0 Å². The van der Waals surface area contributed by atoms with Gasteiger partial charge in [0, 0.05) is 23.7 Å². The molecule has 2 aromatic heterocycles. The molecule has 1 atom stereocenters. The highest BCUT2D eigenvalue weighted by atomic mass is 15.1. The molecule has 114 valence electrons. The predicted octanol–water partition coefficient (Wildman–Crippen LogP) is 3.90. The first-order chi connectivity index (χ1) is 11.1. The van der Waals surface area contributed by atoms with E-state index in [9.17, 15) is 0 Å². The van der Waals surface area contributed by atoms with Crippen LogP contribution in [0.15, 0.2) is 54.9 Å². The second kappa shape index (κ2) is 6.50. The molecule has 23 heavy (non-hydrogen) atoms. The van der Waals surface area contributed by atoms with Gasteiger partial charge in [0.25, 0.3) is 0 Å². The van der Waals surface area contributed by atoms with Crippen molar-refractivity contribution in [2.45, 2.75) is 26.8 Å². The molecule has 3 aromatic rings. The molecule has 2 heterocycles. The smallest absolute Gasteiger partial charge is 0.131 e. The van der Waals surface area contributed by atoms with Gasteiger partial charge in [0.05, 0.1) is 6.04 Å². The summed E-state index contributed by atoms with van der Waals surface area (Å²) in [6.07, 6.45) is 3.80. The quantitative estimate of drug-likeness (QED) is 0.672. The van der Waals surface area contributed by atoms with Crippen molar-refractivity contribution in [3.05, 3.63) is 83.2 Å². The lowest BCUT2D eigenvalue weighted by Gasteiger charge is -2.15. The van der Waals surface area contributed by atoms with Gasteiger partial charge >= 0.3 is 0 Å². The summed E-state index contributed by atoms with van der Waals surface area (Å²) in [6, 6.07) is 14.5. The number of benzene rings is 1. The van der Waals surface area contributed by atoms with Crippen LogP contribution in [0, 0.1) is 25.7 Å². The fourth-order valence-electron chi connectivity index (χ4n) is 2.59. The minimum absolute atomic E-state index is 0.238. The Labute approximate surface area is 137 Å². The molecule has 0 bridgehead atoms. The first-order valence-corrected chi connectivity index (χ1v) is 7.68. The van der Waals surface area contributed by atoms with Gasteiger partial charge in [0.1, 0.15) is 11.5 Å². The van der Waals surface area contributed by atoms with E-state index in [0.29, 0.717) is 0 Å². The van der Waals surface area contributed by atoms with Crippen LogP contribution in [-0.2, 0) is 0 Å². The second-order valence-electron chi connectivity index (χ2n) is 5.60. The third kappa shape index (κ3) is 3.49. The lowest BCUT2D eigenvalue weighted by molar-refractivity contribution is 0.619. The van der Waals surface area contributed by atoms with E-state index in [4.69, 9.17) is 0 Å². The molecule has 0 radical (unpaired) electrons. The van der Waals surface area contributed by atoms with E-state index in [0.717, 1.165) is 22.8 Å². The molecule has 1 aromatic carbocycles. The Bertz CT molecular complexity index is 867. The molecule has 0 fully saturated rings. The van der Waals surface area contributed by atoms with E-state index in [1.165, 1.54) is 5.56 Å². The topological polar surface area (TPSA) is 30.7 Å². The lowest BCUT2D eigenvalue weighted by Crippen LogP contribution is -2.07. The Balaban J connectivity index is 1.87. The maximum atomic E-state index is 4.57. The number of nitrogens with zero attached hydrogens (tertiary/aromatic N) is 3. The maximum Gasteiger partial charge on any atom is 0.131 e. The molecule has 3 nitrogen and oxygen atoms in total. The number of pyridine rings is 1. The first kappa shape index (κ1) is 15.1.